The highest BCUT2D eigenvalue weighted by Crippen LogP contribution is 2.26. The molecule has 568 valence electrons. The highest BCUT2D eigenvalue weighted by atomic mass is 32.2. The highest BCUT2D eigenvalue weighted by Gasteiger charge is 2.46. The molecule has 0 fully saturated rings. The monoisotopic (exact) mass is 1430 g/mol. The van der Waals surface area contributed by atoms with Crippen molar-refractivity contribution in [1.29, 1.82) is 0 Å². The van der Waals surface area contributed by atoms with Crippen LogP contribution in [0.3, 0.4) is 0 Å². The van der Waals surface area contributed by atoms with Gasteiger partial charge in [-0.05, 0) is 127 Å². The smallest absolute Gasteiger partial charge is 0.408 e. The molecule has 0 radical (unpaired) electrons. The molecule has 0 aliphatic heterocycles. The van der Waals surface area contributed by atoms with Gasteiger partial charge in [0.15, 0.2) is 0 Å². The van der Waals surface area contributed by atoms with E-state index in [0.717, 1.165) is 27.1 Å². The molecule has 1 rings (SSSR count). The zero-order valence-electron chi connectivity index (χ0n) is 65.4. The number of benzene rings is 1. The number of allylic oxidation sites excluding steroid dienone is 2. The first-order valence-corrected chi connectivity index (χ1v) is 36.4. The van der Waals surface area contributed by atoms with Crippen molar-refractivity contribution in [3.63, 3.8) is 0 Å². The van der Waals surface area contributed by atoms with Gasteiger partial charge in [0, 0.05) is 55.1 Å². The van der Waals surface area contributed by atoms with Crippen molar-refractivity contribution in [1.82, 2.24) is 55.6 Å². The number of nitrogens with zero attached hydrogens (tertiary/aromatic N) is 7. The van der Waals surface area contributed by atoms with Gasteiger partial charge >= 0.3 is 6.09 Å². The first-order valence-electron chi connectivity index (χ1n) is 35.4. The molecule has 11 amide bonds. The Balaban J connectivity index is 3.64. The largest absolute Gasteiger partial charge is 0.444 e. The van der Waals surface area contributed by atoms with Crippen LogP contribution in [0.5, 0.6) is 0 Å². The fourth-order valence-electron chi connectivity index (χ4n) is 11.7. The summed E-state index contributed by atoms with van der Waals surface area (Å²) in [6.45, 7) is 34.7. The first-order chi connectivity index (χ1) is 46.2. The minimum absolute atomic E-state index is 0.00500. The zero-order valence-corrected chi connectivity index (χ0v) is 66.2. The van der Waals surface area contributed by atoms with Crippen LogP contribution in [0.1, 0.15) is 183 Å². The number of nitrogens with one attached hydrogen (secondary N) is 4. The van der Waals surface area contributed by atoms with Crippen molar-refractivity contribution in [3.8, 4) is 0 Å². The summed E-state index contributed by atoms with van der Waals surface area (Å²) in [5, 5.41) is 22.9. The summed E-state index contributed by atoms with van der Waals surface area (Å²) in [5.74, 6) is -8.24. The molecule has 5 N–H and O–H groups in total. The van der Waals surface area contributed by atoms with Gasteiger partial charge in [-0.15, -0.1) is 0 Å². The second-order valence-corrected chi connectivity index (χ2v) is 31.3. The standard InChI is InChI=1S/C74H127N11O14S/c1-28-30-34-49(15)62(87)61(85(27)71(96)60(48(13)14)84(26)69(94)57(40-46(9)10)83(25)68(93)56(39-45(7)8)82(24)66(91)50(16)76-73(98)99-74(18,19)20)65(90)77-53(29-2)67(92)79(21)41-58(86)80(22)54(37-43(3)4)64(89)78-59(47(11)12)70(95)81(23)55(38-44(5)6)63(88)75-51(17)72(97)100-42-52-35-32-31-33-36-52/h28,30-33,35-36,43-51,53-57,59-62,87H,29,34,37-42H2,1-27H3,(H,75,88)(H,76,98)(H,77,90)(H,78,89)/b30-28+/t49-,50-,51+,53+,54+,55+,56+,57+,59+,60+,61+,62-/m1/s1. The lowest BCUT2D eigenvalue weighted by atomic mass is 9.91. The number of ether oxygens (including phenoxy) is 1. The molecule has 0 spiro atoms. The number of likely N-dealkylation sites (N-methyl/N-ethyl adjacent to an activating group) is 7. The molecule has 0 saturated heterocycles. The van der Waals surface area contributed by atoms with Gasteiger partial charge in [-0.3, -0.25) is 52.7 Å². The van der Waals surface area contributed by atoms with Gasteiger partial charge in [0.1, 0.15) is 60.0 Å². The van der Waals surface area contributed by atoms with E-state index in [4.69, 9.17) is 4.74 Å². The summed E-state index contributed by atoms with van der Waals surface area (Å²) in [6.07, 6.45) is 2.26. The Morgan fingerprint density at radius 3 is 1.42 bits per heavy atom. The number of amides is 11. The summed E-state index contributed by atoms with van der Waals surface area (Å²) in [5.41, 5.74) is 0.113. The SMILES string of the molecule is C/C=C/C[C@@H](C)[C@@H](O)[C@@H](C(=O)N[C@@H](CC)C(=O)N(C)CC(=O)N(C)[C@@H](CC(C)C)C(=O)N[C@H](C(=O)N(C)[C@@H](CC(C)C)C(=O)N[C@@H](C)C(=O)SCc1ccccc1)C(C)C)N(C)C(=O)[C@H](C(C)C)N(C)C(=O)[C@H](CC(C)C)N(C)C(=O)[C@H](CC(C)C)N(C)C(=O)[C@@H](C)NC(=O)OC(C)(C)C. The molecule has 1 aromatic rings. The molecule has 0 heterocycles. The molecule has 1 aromatic carbocycles. The second kappa shape index (κ2) is 42.4. The Morgan fingerprint density at radius 1 is 0.510 bits per heavy atom. The minimum atomic E-state index is -1.64. The Kier molecular flexibility index (Phi) is 38.5. The van der Waals surface area contributed by atoms with Crippen molar-refractivity contribution >= 4 is 82.0 Å². The van der Waals surface area contributed by atoms with Crippen molar-refractivity contribution < 1.29 is 67.4 Å². The van der Waals surface area contributed by atoms with E-state index in [2.05, 4.69) is 21.3 Å². The van der Waals surface area contributed by atoms with Gasteiger partial charge < -0.3 is 65.4 Å². The van der Waals surface area contributed by atoms with Crippen LogP contribution in [0.25, 0.3) is 0 Å². The van der Waals surface area contributed by atoms with Gasteiger partial charge in [0.2, 0.25) is 64.2 Å². The topological polar surface area (TPSA) is 305 Å². The number of carbonyl (C=O) groups excluding carboxylic acids is 12. The molecule has 12 atom stereocenters. The quantitative estimate of drug-likeness (QED) is 0.0410. The molecule has 100 heavy (non-hydrogen) atoms. The number of rotatable bonds is 39. The van der Waals surface area contributed by atoms with Crippen LogP contribution in [-0.2, 0) is 63.2 Å². The Hall–Kier alpha value is -7.09. The minimum Gasteiger partial charge on any atom is -0.444 e. The lowest BCUT2D eigenvalue weighted by Gasteiger charge is -2.41. The number of alkyl carbamates (subject to hydrolysis) is 1. The number of thioether (sulfide) groups is 1. The molecule has 0 aromatic heterocycles. The Morgan fingerprint density at radius 2 is 0.960 bits per heavy atom. The zero-order chi connectivity index (χ0) is 77.3. The van der Waals surface area contributed by atoms with Gasteiger partial charge in [0.25, 0.3) is 0 Å². The van der Waals surface area contributed by atoms with Gasteiger partial charge in [-0.1, -0.05) is 151 Å². The number of aliphatic hydroxyl groups is 1. The van der Waals surface area contributed by atoms with Gasteiger partial charge in [-0.2, -0.15) is 0 Å². The van der Waals surface area contributed by atoms with Crippen LogP contribution < -0.4 is 21.3 Å². The third-order valence-corrected chi connectivity index (χ3v) is 18.8. The van der Waals surface area contributed by atoms with Crippen LogP contribution in [0, 0.1) is 41.4 Å². The van der Waals surface area contributed by atoms with Crippen molar-refractivity contribution in [2.45, 2.75) is 255 Å². The van der Waals surface area contributed by atoms with Crippen molar-refractivity contribution in [3.05, 3.63) is 48.0 Å². The van der Waals surface area contributed by atoms with E-state index in [0.29, 0.717) is 5.75 Å². The average Bonchev–Trinajstić information content (AvgIpc) is 0.804. The molecular weight excluding hydrogens is 1300 g/mol. The van der Waals surface area contributed by atoms with Gasteiger partial charge in [0.05, 0.1) is 18.7 Å². The first kappa shape index (κ1) is 90.9. The number of aliphatic hydroxyl groups excluding tert-OH is 1. The summed E-state index contributed by atoms with van der Waals surface area (Å²) in [7, 11) is 9.98. The van der Waals surface area contributed by atoms with E-state index in [9.17, 15) is 53.1 Å². The average molecular weight is 1430 g/mol. The second-order valence-electron chi connectivity index (χ2n) is 30.3. The maximum atomic E-state index is 15.2. The Labute approximate surface area is 602 Å². The molecule has 25 nitrogen and oxygen atoms in total. The molecule has 0 aliphatic carbocycles. The maximum Gasteiger partial charge on any atom is 0.408 e. The van der Waals surface area contributed by atoms with Gasteiger partial charge in [-0.25, -0.2) is 4.79 Å². The van der Waals surface area contributed by atoms with E-state index in [-0.39, 0.29) is 67.3 Å². The third kappa shape index (κ3) is 28.4. The summed E-state index contributed by atoms with van der Waals surface area (Å²) in [4.78, 5) is 180. The van der Waals surface area contributed by atoms with Crippen LogP contribution >= 0.6 is 11.8 Å². The van der Waals surface area contributed by atoms with Crippen LogP contribution in [0.4, 0.5) is 4.79 Å². The van der Waals surface area contributed by atoms with E-state index in [1.54, 1.807) is 88.3 Å². The maximum absolute atomic E-state index is 15.2. The van der Waals surface area contributed by atoms with Crippen LogP contribution in [0.2, 0.25) is 0 Å². The fraction of sp³-hybridized carbons (Fsp3) is 0.730. The van der Waals surface area contributed by atoms with E-state index >= 15 is 9.59 Å². The van der Waals surface area contributed by atoms with Crippen LogP contribution in [0.15, 0.2) is 42.5 Å². The summed E-state index contributed by atoms with van der Waals surface area (Å²) < 4.78 is 5.36. The molecular formula is C74H127N11O14S. The summed E-state index contributed by atoms with van der Waals surface area (Å²) >= 11 is 1.08. The number of hydrogen-bond donors (Lipinski definition) is 5. The van der Waals surface area contributed by atoms with E-state index < -0.39 is 162 Å². The normalized spacial score (nSPS) is 15.5. The van der Waals surface area contributed by atoms with E-state index in [1.165, 1.54) is 80.8 Å². The molecule has 0 aliphatic rings. The lowest BCUT2D eigenvalue weighted by molar-refractivity contribution is -0.157. The fourth-order valence-corrected chi connectivity index (χ4v) is 12.5. The lowest BCUT2D eigenvalue weighted by Crippen LogP contribution is -2.63. The molecule has 0 bridgehead atoms. The van der Waals surface area contributed by atoms with E-state index in [1.807, 2.05) is 85.7 Å². The Bertz CT molecular complexity index is 2900. The highest BCUT2D eigenvalue weighted by molar-refractivity contribution is 8.13. The third-order valence-electron chi connectivity index (χ3n) is 17.6. The molecule has 26 heteroatoms. The summed E-state index contributed by atoms with van der Waals surface area (Å²) in [6, 6.07) is -2.26. The van der Waals surface area contributed by atoms with Crippen LogP contribution in [-0.4, -0.2) is 238 Å². The predicted molar refractivity (Wildman–Crippen MR) is 392 cm³/mol. The molecule has 0 saturated carbocycles. The predicted octanol–water partition coefficient (Wildman–Crippen LogP) is 7.12. The number of carbonyl (C=O) groups is 12. The molecule has 0 unspecified atom stereocenters. The number of hydrogen-bond acceptors (Lipinski definition) is 15. The van der Waals surface area contributed by atoms with Crippen molar-refractivity contribution in [2.75, 3.05) is 55.9 Å². The van der Waals surface area contributed by atoms with Crippen molar-refractivity contribution in [2.24, 2.45) is 41.4 Å².